The number of anilines is 2. The molecule has 0 saturated heterocycles. The monoisotopic (exact) mass is 490 g/mol. The SMILES string of the molecule is Cc1ccc(-c2ncc(C3CC3)cn2)cc1NC(=O)c1cnn2ccc(-c3c(C)nc(N)nc3C)cc12. The van der Waals surface area contributed by atoms with E-state index in [1.54, 1.807) is 10.7 Å². The Labute approximate surface area is 213 Å². The highest BCUT2D eigenvalue weighted by atomic mass is 16.1. The smallest absolute Gasteiger partial charge is 0.259 e. The van der Waals surface area contributed by atoms with Crippen molar-refractivity contribution >= 4 is 23.1 Å². The Kier molecular flexibility index (Phi) is 5.40. The highest BCUT2D eigenvalue weighted by molar-refractivity contribution is 6.09. The van der Waals surface area contributed by atoms with Gasteiger partial charge in [-0.3, -0.25) is 4.79 Å². The van der Waals surface area contributed by atoms with Crippen LogP contribution in [0.1, 0.15) is 51.6 Å². The number of amides is 1. The third-order valence-electron chi connectivity index (χ3n) is 6.81. The molecule has 1 aliphatic carbocycles. The number of carbonyl (C=O) groups is 1. The molecule has 1 saturated carbocycles. The number of nitrogen functional groups attached to an aromatic ring is 1. The lowest BCUT2D eigenvalue weighted by molar-refractivity contribution is 0.102. The molecule has 9 nitrogen and oxygen atoms in total. The summed E-state index contributed by atoms with van der Waals surface area (Å²) in [6, 6.07) is 9.70. The quantitative estimate of drug-likeness (QED) is 0.360. The lowest BCUT2D eigenvalue weighted by Crippen LogP contribution is -2.13. The fraction of sp³-hybridized carbons (Fsp3) is 0.214. The maximum atomic E-state index is 13.4. The van der Waals surface area contributed by atoms with Crippen LogP contribution in [-0.4, -0.2) is 35.5 Å². The van der Waals surface area contributed by atoms with E-state index in [0.29, 0.717) is 28.5 Å². The van der Waals surface area contributed by atoms with Crippen LogP contribution < -0.4 is 11.1 Å². The minimum absolute atomic E-state index is 0.242. The summed E-state index contributed by atoms with van der Waals surface area (Å²) in [4.78, 5) is 31.1. The summed E-state index contributed by atoms with van der Waals surface area (Å²) >= 11 is 0. The first-order valence-corrected chi connectivity index (χ1v) is 12.2. The molecular formula is C28H26N8O. The number of rotatable bonds is 5. The van der Waals surface area contributed by atoms with E-state index in [-0.39, 0.29) is 11.9 Å². The zero-order valence-corrected chi connectivity index (χ0v) is 20.9. The lowest BCUT2D eigenvalue weighted by Gasteiger charge is -2.11. The molecular weight excluding hydrogens is 464 g/mol. The van der Waals surface area contributed by atoms with Crippen LogP contribution >= 0.6 is 0 Å². The van der Waals surface area contributed by atoms with Crippen LogP contribution in [0.25, 0.3) is 28.0 Å². The van der Waals surface area contributed by atoms with E-state index >= 15 is 0 Å². The van der Waals surface area contributed by atoms with Gasteiger partial charge in [0, 0.05) is 35.4 Å². The number of nitrogens with zero attached hydrogens (tertiary/aromatic N) is 6. The van der Waals surface area contributed by atoms with Gasteiger partial charge in [0.1, 0.15) is 0 Å². The van der Waals surface area contributed by atoms with Crippen LogP contribution in [-0.2, 0) is 0 Å². The fourth-order valence-electron chi connectivity index (χ4n) is 4.67. The van der Waals surface area contributed by atoms with Crippen molar-refractivity contribution in [3.05, 3.63) is 83.2 Å². The van der Waals surface area contributed by atoms with Crippen LogP contribution in [0.15, 0.2) is 55.1 Å². The molecule has 0 atom stereocenters. The van der Waals surface area contributed by atoms with Crippen LogP contribution in [0.2, 0.25) is 0 Å². The first-order valence-electron chi connectivity index (χ1n) is 12.2. The minimum atomic E-state index is -0.251. The highest BCUT2D eigenvalue weighted by Gasteiger charge is 2.24. The van der Waals surface area contributed by atoms with Gasteiger partial charge in [-0.25, -0.2) is 24.5 Å². The van der Waals surface area contributed by atoms with Gasteiger partial charge in [-0.1, -0.05) is 12.1 Å². The number of pyridine rings is 1. The van der Waals surface area contributed by atoms with Gasteiger partial charge in [-0.05, 0) is 74.4 Å². The molecule has 3 N–H and O–H groups in total. The van der Waals surface area contributed by atoms with E-state index < -0.39 is 0 Å². The molecule has 184 valence electrons. The molecule has 0 radical (unpaired) electrons. The van der Waals surface area contributed by atoms with Crippen LogP contribution in [0.5, 0.6) is 0 Å². The number of carbonyl (C=O) groups excluding carboxylic acids is 1. The van der Waals surface area contributed by atoms with Gasteiger partial charge in [0.2, 0.25) is 5.95 Å². The van der Waals surface area contributed by atoms with Gasteiger partial charge in [-0.15, -0.1) is 0 Å². The summed E-state index contributed by atoms with van der Waals surface area (Å²) in [5.41, 5.74) is 14.0. The lowest BCUT2D eigenvalue weighted by atomic mass is 10.0. The molecule has 0 aliphatic heterocycles. The Bertz CT molecular complexity index is 1650. The van der Waals surface area contributed by atoms with Crippen molar-refractivity contribution in [1.29, 1.82) is 0 Å². The maximum Gasteiger partial charge on any atom is 0.259 e. The van der Waals surface area contributed by atoms with Crippen molar-refractivity contribution in [3.63, 3.8) is 0 Å². The summed E-state index contributed by atoms with van der Waals surface area (Å²) in [6.07, 6.45) is 9.63. The van der Waals surface area contributed by atoms with Gasteiger partial charge in [-0.2, -0.15) is 5.10 Å². The second-order valence-corrected chi connectivity index (χ2v) is 9.53. The van der Waals surface area contributed by atoms with Crippen molar-refractivity contribution in [3.8, 4) is 22.5 Å². The number of benzene rings is 1. The average molecular weight is 491 g/mol. The molecule has 0 unspecified atom stereocenters. The third kappa shape index (κ3) is 4.29. The molecule has 4 aromatic heterocycles. The molecule has 1 fully saturated rings. The summed E-state index contributed by atoms with van der Waals surface area (Å²) in [6.45, 7) is 5.75. The number of hydrogen-bond donors (Lipinski definition) is 2. The van der Waals surface area contributed by atoms with Crippen molar-refractivity contribution in [2.45, 2.75) is 39.5 Å². The van der Waals surface area contributed by atoms with Crippen molar-refractivity contribution in [1.82, 2.24) is 29.5 Å². The number of nitrogens with two attached hydrogens (primary N) is 1. The van der Waals surface area contributed by atoms with Crippen molar-refractivity contribution in [2.24, 2.45) is 0 Å². The number of aromatic nitrogens is 6. The Morgan fingerprint density at radius 3 is 2.41 bits per heavy atom. The molecule has 6 rings (SSSR count). The summed E-state index contributed by atoms with van der Waals surface area (Å²) in [7, 11) is 0. The summed E-state index contributed by atoms with van der Waals surface area (Å²) in [5, 5.41) is 7.43. The Morgan fingerprint density at radius 1 is 0.973 bits per heavy atom. The second-order valence-electron chi connectivity index (χ2n) is 9.53. The Balaban J connectivity index is 1.31. The van der Waals surface area contributed by atoms with Gasteiger partial charge >= 0.3 is 0 Å². The van der Waals surface area contributed by atoms with Crippen LogP contribution in [0.4, 0.5) is 11.6 Å². The average Bonchev–Trinajstić information content (AvgIpc) is 3.64. The molecule has 9 heteroatoms. The molecule has 0 spiro atoms. The topological polar surface area (TPSA) is 124 Å². The second kappa shape index (κ2) is 8.77. The first kappa shape index (κ1) is 22.8. The number of aryl methyl sites for hydroxylation is 3. The zero-order chi connectivity index (χ0) is 25.7. The van der Waals surface area contributed by atoms with E-state index in [0.717, 1.165) is 33.6 Å². The minimum Gasteiger partial charge on any atom is -0.368 e. The molecule has 37 heavy (non-hydrogen) atoms. The summed E-state index contributed by atoms with van der Waals surface area (Å²) < 4.78 is 1.68. The molecule has 0 bridgehead atoms. The van der Waals surface area contributed by atoms with Gasteiger partial charge in [0.05, 0.1) is 28.7 Å². The van der Waals surface area contributed by atoms with Crippen LogP contribution in [0.3, 0.4) is 0 Å². The van der Waals surface area contributed by atoms with E-state index in [2.05, 4.69) is 30.4 Å². The highest BCUT2D eigenvalue weighted by Crippen LogP contribution is 2.39. The van der Waals surface area contributed by atoms with Gasteiger partial charge in [0.15, 0.2) is 5.82 Å². The first-order chi connectivity index (χ1) is 17.9. The van der Waals surface area contributed by atoms with E-state index in [1.165, 1.54) is 18.4 Å². The van der Waals surface area contributed by atoms with Crippen molar-refractivity contribution < 1.29 is 4.79 Å². The number of nitrogens with one attached hydrogen (secondary N) is 1. The van der Waals surface area contributed by atoms with Gasteiger partial charge in [0.25, 0.3) is 5.91 Å². The number of fused-ring (bicyclic) bond motifs is 1. The molecule has 1 aromatic carbocycles. The largest absolute Gasteiger partial charge is 0.368 e. The molecule has 1 amide bonds. The Hall–Kier alpha value is -4.66. The van der Waals surface area contributed by atoms with Crippen molar-refractivity contribution in [2.75, 3.05) is 11.1 Å². The van der Waals surface area contributed by atoms with Crippen LogP contribution in [0, 0.1) is 20.8 Å². The molecule has 1 aliphatic rings. The summed E-state index contributed by atoms with van der Waals surface area (Å²) in [5.74, 6) is 1.23. The van der Waals surface area contributed by atoms with E-state index in [4.69, 9.17) is 5.73 Å². The molecule has 4 heterocycles. The standard InChI is InChI=1S/C28H26N8O/c1-15-4-5-20(26-30-12-21(13-31-26)18-6-7-18)10-23(15)35-27(37)22-14-32-36-9-8-19(11-24(22)36)25-16(2)33-28(29)34-17(25)3/h4-5,8-14,18H,6-7H2,1-3H3,(H,35,37)(H2,29,33,34). The molecule has 5 aromatic rings. The zero-order valence-electron chi connectivity index (χ0n) is 20.9. The maximum absolute atomic E-state index is 13.4. The van der Waals surface area contributed by atoms with Gasteiger partial charge < -0.3 is 11.1 Å². The normalized spacial score (nSPS) is 13.2. The van der Waals surface area contributed by atoms with E-state index in [1.807, 2.05) is 69.7 Å². The predicted molar refractivity (Wildman–Crippen MR) is 142 cm³/mol. The fourth-order valence-corrected chi connectivity index (χ4v) is 4.67. The van der Waals surface area contributed by atoms with E-state index in [9.17, 15) is 4.79 Å². The predicted octanol–water partition coefficient (Wildman–Crippen LogP) is 4.89. The number of hydrogen-bond acceptors (Lipinski definition) is 7. The Morgan fingerprint density at radius 2 is 1.70 bits per heavy atom. The third-order valence-corrected chi connectivity index (χ3v) is 6.81.